The highest BCUT2D eigenvalue weighted by Crippen LogP contribution is 2.20. The highest BCUT2D eigenvalue weighted by Gasteiger charge is 2.19. The molecule has 1 heterocycles. The first-order valence-corrected chi connectivity index (χ1v) is 7.75. The van der Waals surface area contributed by atoms with Crippen molar-refractivity contribution in [2.45, 2.75) is 17.7 Å². The molecule has 0 amide bonds. The van der Waals surface area contributed by atoms with Crippen LogP contribution >= 0.6 is 0 Å². The molecule has 0 radical (unpaired) electrons. The maximum Gasteiger partial charge on any atom is 0.242 e. The van der Waals surface area contributed by atoms with E-state index in [-0.39, 0.29) is 10.6 Å². The highest BCUT2D eigenvalue weighted by atomic mass is 32.2. The predicted molar refractivity (Wildman–Crippen MR) is 71.7 cm³/mol. The van der Waals surface area contributed by atoms with Gasteiger partial charge >= 0.3 is 0 Å². The van der Waals surface area contributed by atoms with Crippen LogP contribution < -0.4 is 10.5 Å². The summed E-state index contributed by atoms with van der Waals surface area (Å²) in [5, 5.41) is 0. The van der Waals surface area contributed by atoms with Crippen LogP contribution in [0.5, 0.6) is 0 Å². The first-order chi connectivity index (χ1) is 9.00. The molecule has 106 valence electrons. The summed E-state index contributed by atoms with van der Waals surface area (Å²) in [7, 11) is -3.75. The maximum atomic E-state index is 13.3. The second kappa shape index (κ2) is 5.85. The third-order valence-corrected chi connectivity index (χ3v) is 4.74. The minimum atomic E-state index is -3.75. The number of sulfonamides is 1. The Morgan fingerprint density at radius 1 is 1.32 bits per heavy atom. The lowest BCUT2D eigenvalue weighted by Gasteiger charge is -2.15. The molecule has 1 aliphatic heterocycles. The van der Waals surface area contributed by atoms with Crippen molar-refractivity contribution in [3.63, 3.8) is 0 Å². The van der Waals surface area contributed by atoms with Gasteiger partial charge in [-0.05, 0) is 38.1 Å². The topological polar surface area (TPSA) is 75.4 Å². The summed E-state index contributed by atoms with van der Waals surface area (Å²) in [5.74, 6) is -0.720. The van der Waals surface area contributed by atoms with Crippen LogP contribution in [0.1, 0.15) is 12.8 Å². The molecule has 5 nitrogen and oxygen atoms in total. The molecular weight excluding hydrogens is 269 g/mol. The number of likely N-dealkylation sites (tertiary alicyclic amines) is 1. The third-order valence-electron chi connectivity index (χ3n) is 3.22. The predicted octanol–water partition coefficient (Wildman–Crippen LogP) is 0.782. The van der Waals surface area contributed by atoms with Crippen LogP contribution in [0.3, 0.4) is 0 Å². The van der Waals surface area contributed by atoms with E-state index in [2.05, 4.69) is 9.62 Å². The molecule has 1 fully saturated rings. The SMILES string of the molecule is Nc1c(F)cccc1S(=O)(=O)NCCN1CCCC1. The van der Waals surface area contributed by atoms with Crippen molar-refractivity contribution >= 4 is 15.7 Å². The first-order valence-electron chi connectivity index (χ1n) is 6.27. The van der Waals surface area contributed by atoms with Gasteiger partial charge in [0.05, 0.1) is 5.69 Å². The monoisotopic (exact) mass is 287 g/mol. The van der Waals surface area contributed by atoms with E-state index in [1.165, 1.54) is 12.1 Å². The summed E-state index contributed by atoms with van der Waals surface area (Å²) in [5.41, 5.74) is 5.12. The Kier molecular flexibility index (Phi) is 4.38. The summed E-state index contributed by atoms with van der Waals surface area (Å²) in [6.07, 6.45) is 2.31. The van der Waals surface area contributed by atoms with Gasteiger partial charge in [0, 0.05) is 13.1 Å². The van der Waals surface area contributed by atoms with Crippen molar-refractivity contribution in [2.75, 3.05) is 31.9 Å². The van der Waals surface area contributed by atoms with Gasteiger partial charge in [0.25, 0.3) is 0 Å². The van der Waals surface area contributed by atoms with Crippen LogP contribution in [0.25, 0.3) is 0 Å². The van der Waals surface area contributed by atoms with E-state index >= 15 is 0 Å². The first kappa shape index (κ1) is 14.2. The number of rotatable bonds is 5. The van der Waals surface area contributed by atoms with Crippen LogP contribution in [0.4, 0.5) is 10.1 Å². The molecule has 0 saturated carbocycles. The van der Waals surface area contributed by atoms with Gasteiger partial charge in [-0.2, -0.15) is 0 Å². The fourth-order valence-electron chi connectivity index (χ4n) is 2.17. The molecule has 3 N–H and O–H groups in total. The number of anilines is 1. The molecule has 0 aromatic heterocycles. The molecule has 19 heavy (non-hydrogen) atoms. The van der Waals surface area contributed by atoms with Gasteiger partial charge in [-0.25, -0.2) is 17.5 Å². The number of hydrogen-bond donors (Lipinski definition) is 2. The summed E-state index contributed by atoms with van der Waals surface area (Å²) < 4.78 is 39.7. The molecule has 0 bridgehead atoms. The van der Waals surface area contributed by atoms with Crippen molar-refractivity contribution in [2.24, 2.45) is 0 Å². The van der Waals surface area contributed by atoms with E-state index in [4.69, 9.17) is 5.73 Å². The zero-order valence-electron chi connectivity index (χ0n) is 10.6. The van der Waals surface area contributed by atoms with Crippen LogP contribution in [0, 0.1) is 5.82 Å². The van der Waals surface area contributed by atoms with Gasteiger partial charge in [0.1, 0.15) is 10.7 Å². The lowest BCUT2D eigenvalue weighted by Crippen LogP contribution is -2.33. The Morgan fingerprint density at radius 3 is 2.68 bits per heavy atom. The van der Waals surface area contributed by atoms with E-state index in [0.29, 0.717) is 13.1 Å². The number of nitrogen functional groups attached to an aromatic ring is 1. The quantitative estimate of drug-likeness (QED) is 0.785. The number of nitrogens with two attached hydrogens (primary N) is 1. The van der Waals surface area contributed by atoms with E-state index in [1.54, 1.807) is 0 Å². The Labute approximate surface area is 112 Å². The van der Waals surface area contributed by atoms with Crippen molar-refractivity contribution < 1.29 is 12.8 Å². The molecule has 1 aromatic rings. The van der Waals surface area contributed by atoms with Gasteiger partial charge in [-0.15, -0.1) is 0 Å². The molecule has 0 aliphatic carbocycles. The van der Waals surface area contributed by atoms with Crippen LogP contribution in [0.15, 0.2) is 23.1 Å². The van der Waals surface area contributed by atoms with Gasteiger partial charge in [-0.3, -0.25) is 0 Å². The normalized spacial score (nSPS) is 16.9. The molecule has 1 aliphatic rings. The van der Waals surface area contributed by atoms with Crippen molar-refractivity contribution in [1.29, 1.82) is 0 Å². The van der Waals surface area contributed by atoms with Crippen LogP contribution in [-0.4, -0.2) is 39.5 Å². The fourth-order valence-corrected chi connectivity index (χ4v) is 3.33. The number of para-hydroxylation sites is 1. The molecular formula is C12H18FN3O2S. The van der Waals surface area contributed by atoms with E-state index in [0.717, 1.165) is 32.0 Å². The van der Waals surface area contributed by atoms with Crippen molar-refractivity contribution in [3.05, 3.63) is 24.0 Å². The molecule has 0 spiro atoms. The summed E-state index contributed by atoms with van der Waals surface area (Å²) in [6.45, 7) is 2.97. The number of hydrogen-bond acceptors (Lipinski definition) is 4. The Morgan fingerprint density at radius 2 is 2.00 bits per heavy atom. The molecule has 0 atom stereocenters. The molecule has 2 rings (SSSR count). The van der Waals surface area contributed by atoms with E-state index in [9.17, 15) is 12.8 Å². The molecule has 1 saturated heterocycles. The largest absolute Gasteiger partial charge is 0.395 e. The summed E-state index contributed by atoms with van der Waals surface area (Å²) >= 11 is 0. The van der Waals surface area contributed by atoms with Gasteiger partial charge in [0.15, 0.2) is 0 Å². The average molecular weight is 287 g/mol. The Bertz CT molecular complexity index is 542. The lowest BCUT2D eigenvalue weighted by atomic mass is 10.3. The lowest BCUT2D eigenvalue weighted by molar-refractivity contribution is 0.344. The number of benzene rings is 1. The number of nitrogens with zero attached hydrogens (tertiary/aromatic N) is 1. The molecule has 1 aromatic carbocycles. The second-order valence-electron chi connectivity index (χ2n) is 4.60. The summed E-state index contributed by atoms with van der Waals surface area (Å²) in [6, 6.07) is 3.77. The van der Waals surface area contributed by atoms with Crippen LogP contribution in [0.2, 0.25) is 0 Å². The highest BCUT2D eigenvalue weighted by molar-refractivity contribution is 7.89. The zero-order chi connectivity index (χ0) is 13.9. The average Bonchev–Trinajstić information content (AvgIpc) is 2.85. The van der Waals surface area contributed by atoms with Gasteiger partial charge in [-0.1, -0.05) is 6.07 Å². The fraction of sp³-hybridized carbons (Fsp3) is 0.500. The number of nitrogens with one attached hydrogen (secondary N) is 1. The maximum absolute atomic E-state index is 13.3. The van der Waals surface area contributed by atoms with E-state index in [1.807, 2.05) is 0 Å². The van der Waals surface area contributed by atoms with Crippen molar-refractivity contribution in [1.82, 2.24) is 9.62 Å². The number of halogens is 1. The Balaban J connectivity index is 1.99. The van der Waals surface area contributed by atoms with Crippen molar-refractivity contribution in [3.8, 4) is 0 Å². The minimum absolute atomic E-state index is 0.200. The Hall–Kier alpha value is -1.18. The summed E-state index contributed by atoms with van der Waals surface area (Å²) in [4.78, 5) is 1.99. The minimum Gasteiger partial charge on any atom is -0.395 e. The molecule has 7 heteroatoms. The van der Waals surface area contributed by atoms with Crippen LogP contribution in [-0.2, 0) is 10.0 Å². The zero-order valence-corrected chi connectivity index (χ0v) is 11.4. The molecule has 0 unspecified atom stereocenters. The third kappa shape index (κ3) is 3.43. The van der Waals surface area contributed by atoms with Gasteiger partial charge < -0.3 is 10.6 Å². The standard InChI is InChI=1S/C12H18FN3O2S/c13-10-4-3-5-11(12(10)14)19(17,18)15-6-9-16-7-1-2-8-16/h3-5,15H,1-2,6-9,14H2. The second-order valence-corrected chi connectivity index (χ2v) is 6.33. The smallest absolute Gasteiger partial charge is 0.242 e. The van der Waals surface area contributed by atoms with Gasteiger partial charge in [0.2, 0.25) is 10.0 Å². The van der Waals surface area contributed by atoms with E-state index < -0.39 is 15.8 Å².